The van der Waals surface area contributed by atoms with Crippen molar-refractivity contribution in [2.24, 2.45) is 5.92 Å². The third-order valence-electron chi connectivity index (χ3n) is 5.22. The lowest BCUT2D eigenvalue weighted by Gasteiger charge is -2.25. The molecule has 0 aromatic carbocycles. The number of hydrogen-bond donors (Lipinski definition) is 2. The Morgan fingerprint density at radius 3 is 2.88 bits per heavy atom. The van der Waals surface area contributed by atoms with Gasteiger partial charge in [0.2, 0.25) is 0 Å². The van der Waals surface area contributed by atoms with Crippen LogP contribution in [0.1, 0.15) is 47.9 Å². The number of aromatic nitrogens is 3. The number of aliphatic hydroxyl groups is 1. The van der Waals surface area contributed by atoms with Crippen LogP contribution < -0.4 is 5.32 Å². The van der Waals surface area contributed by atoms with Crippen molar-refractivity contribution in [2.45, 2.75) is 44.3 Å². The van der Waals surface area contributed by atoms with Crippen LogP contribution in [0.25, 0.3) is 5.82 Å². The average Bonchev–Trinajstić information content (AvgIpc) is 3.08. The molecule has 0 aliphatic heterocycles. The normalized spacial score (nSPS) is 21.9. The van der Waals surface area contributed by atoms with Gasteiger partial charge in [-0.2, -0.15) is 5.10 Å². The Bertz CT molecular complexity index is 857. The lowest BCUT2D eigenvalue weighted by Crippen LogP contribution is -2.49. The summed E-state index contributed by atoms with van der Waals surface area (Å²) in [5.41, 5.74) is 0.222. The third-order valence-corrected chi connectivity index (χ3v) is 5.22. The molecule has 2 aromatic heterocycles. The number of aliphatic hydroxyl groups excluding tert-OH is 1. The molecule has 1 amide bonds. The molecule has 2 N–H and O–H groups in total. The fourth-order valence-electron chi connectivity index (χ4n) is 3.63. The van der Waals surface area contributed by atoms with Gasteiger partial charge in [0.25, 0.3) is 5.91 Å². The van der Waals surface area contributed by atoms with E-state index in [4.69, 9.17) is 0 Å². The second kappa shape index (κ2) is 5.84. The van der Waals surface area contributed by atoms with Crippen LogP contribution in [-0.4, -0.2) is 44.1 Å². The highest BCUT2D eigenvalue weighted by atomic mass is 19.1. The lowest BCUT2D eigenvalue weighted by atomic mass is 10.0. The van der Waals surface area contributed by atoms with E-state index in [0.717, 1.165) is 30.3 Å². The van der Waals surface area contributed by atoms with Crippen LogP contribution in [0, 0.1) is 11.7 Å². The Labute approximate surface area is 149 Å². The van der Waals surface area contributed by atoms with E-state index in [2.05, 4.69) is 15.4 Å². The highest BCUT2D eigenvalue weighted by Crippen LogP contribution is 2.57. The predicted molar refractivity (Wildman–Crippen MR) is 89.4 cm³/mol. The maximum atomic E-state index is 14.1. The van der Waals surface area contributed by atoms with Crippen LogP contribution in [-0.2, 0) is 6.42 Å². The molecule has 2 aromatic rings. The molecule has 0 spiro atoms. The summed E-state index contributed by atoms with van der Waals surface area (Å²) in [6.45, 7) is 2.09. The van der Waals surface area contributed by atoms with E-state index >= 15 is 0 Å². The molecule has 2 heterocycles. The van der Waals surface area contributed by atoms with Gasteiger partial charge in [-0.15, -0.1) is 0 Å². The highest BCUT2D eigenvalue weighted by Gasteiger charge is 2.50. The first-order valence-electron chi connectivity index (χ1n) is 8.64. The van der Waals surface area contributed by atoms with E-state index in [1.807, 2.05) is 0 Å². The molecule has 0 unspecified atom stereocenters. The van der Waals surface area contributed by atoms with Gasteiger partial charge in [0.05, 0.1) is 24.5 Å². The monoisotopic (exact) mass is 362 g/mol. The quantitative estimate of drug-likeness (QED) is 0.851. The van der Waals surface area contributed by atoms with Crippen LogP contribution in [0.5, 0.6) is 0 Å². The number of carbonyl (C=O) groups excluding carboxylic acids is 1. The molecule has 1 saturated carbocycles. The first kappa shape index (κ1) is 17.1. The van der Waals surface area contributed by atoms with Crippen molar-refractivity contribution >= 4 is 5.91 Å². The van der Waals surface area contributed by atoms with Gasteiger partial charge in [0, 0.05) is 11.5 Å². The molecular weight excluding hydrogens is 342 g/mol. The third kappa shape index (κ3) is 2.78. The molecule has 0 bridgehead atoms. The molecule has 0 saturated heterocycles. The van der Waals surface area contributed by atoms with E-state index in [1.165, 1.54) is 26.0 Å². The molecule has 8 heteroatoms. The summed E-state index contributed by atoms with van der Waals surface area (Å²) < 4.78 is 28.9. The second-order valence-corrected chi connectivity index (χ2v) is 7.54. The molecule has 2 aliphatic rings. The molecule has 26 heavy (non-hydrogen) atoms. The van der Waals surface area contributed by atoms with E-state index in [0.29, 0.717) is 17.7 Å². The SMILES string of the molecule is CC(C)(F)[C@@H](CO)NC(=O)c1nn(-c2ccc(F)cn2)c2c1C[C@H]1C[C@@H]21. The Kier molecular flexibility index (Phi) is 3.83. The summed E-state index contributed by atoms with van der Waals surface area (Å²) in [4.78, 5) is 16.8. The standard InChI is InChI=1S/C18H20F2N4O2/c1-18(2,20)13(8-25)22-17(26)15-12-6-9-5-11(9)16(12)24(23-15)14-4-3-10(19)7-21-14/h3-4,7,9,11,13,25H,5-6,8H2,1-2H3,(H,22,26)/t9-,11-,13-/m1/s1. The van der Waals surface area contributed by atoms with Crippen LogP contribution in [0.2, 0.25) is 0 Å². The van der Waals surface area contributed by atoms with E-state index < -0.39 is 30.0 Å². The summed E-state index contributed by atoms with van der Waals surface area (Å²) >= 11 is 0. The average molecular weight is 362 g/mol. The van der Waals surface area contributed by atoms with Gasteiger partial charge in [0.15, 0.2) is 11.5 Å². The van der Waals surface area contributed by atoms with Crippen molar-refractivity contribution in [3.63, 3.8) is 0 Å². The summed E-state index contributed by atoms with van der Waals surface area (Å²) in [7, 11) is 0. The fraction of sp³-hybridized carbons (Fsp3) is 0.500. The molecule has 0 radical (unpaired) electrons. The van der Waals surface area contributed by atoms with Crippen molar-refractivity contribution < 1.29 is 18.7 Å². The van der Waals surface area contributed by atoms with Gasteiger partial charge >= 0.3 is 0 Å². The highest BCUT2D eigenvalue weighted by molar-refractivity contribution is 5.94. The number of halogens is 2. The zero-order valence-electron chi connectivity index (χ0n) is 14.5. The van der Waals surface area contributed by atoms with Gasteiger partial charge < -0.3 is 10.4 Å². The van der Waals surface area contributed by atoms with Crippen LogP contribution in [0.15, 0.2) is 18.3 Å². The number of nitrogens with zero attached hydrogens (tertiary/aromatic N) is 3. The number of amides is 1. The molecular formula is C18H20F2N4O2. The first-order chi connectivity index (χ1) is 12.3. The van der Waals surface area contributed by atoms with Gasteiger partial charge in [-0.05, 0) is 44.7 Å². The number of rotatable bonds is 5. The summed E-state index contributed by atoms with van der Waals surface area (Å²) in [6, 6.07) is 1.78. The summed E-state index contributed by atoms with van der Waals surface area (Å²) in [5.74, 6) is 0.299. The summed E-state index contributed by atoms with van der Waals surface area (Å²) in [6.07, 6.45) is 2.89. The van der Waals surface area contributed by atoms with E-state index in [-0.39, 0.29) is 5.69 Å². The van der Waals surface area contributed by atoms with Gasteiger partial charge in [-0.25, -0.2) is 18.4 Å². The number of fused-ring (bicyclic) bond motifs is 3. The fourth-order valence-corrected chi connectivity index (χ4v) is 3.63. The smallest absolute Gasteiger partial charge is 0.272 e. The van der Waals surface area contributed by atoms with Gasteiger partial charge in [-0.1, -0.05) is 0 Å². The maximum absolute atomic E-state index is 14.1. The molecule has 2 aliphatic carbocycles. The number of nitrogens with one attached hydrogen (secondary N) is 1. The Hall–Kier alpha value is -2.35. The number of alkyl halides is 1. The maximum Gasteiger partial charge on any atom is 0.272 e. The van der Waals surface area contributed by atoms with Crippen molar-refractivity contribution in [1.29, 1.82) is 0 Å². The van der Waals surface area contributed by atoms with Gasteiger partial charge in [0.1, 0.15) is 11.5 Å². The van der Waals surface area contributed by atoms with Crippen LogP contribution in [0.4, 0.5) is 8.78 Å². The second-order valence-electron chi connectivity index (χ2n) is 7.54. The Morgan fingerprint density at radius 2 is 2.27 bits per heavy atom. The molecule has 138 valence electrons. The molecule has 1 fully saturated rings. The van der Waals surface area contributed by atoms with E-state index in [9.17, 15) is 18.7 Å². The van der Waals surface area contributed by atoms with Crippen molar-refractivity contribution in [1.82, 2.24) is 20.1 Å². The minimum Gasteiger partial charge on any atom is -0.394 e. The zero-order chi connectivity index (χ0) is 18.6. The van der Waals surface area contributed by atoms with Crippen LogP contribution >= 0.6 is 0 Å². The Balaban J connectivity index is 1.70. The minimum absolute atomic E-state index is 0.223. The Morgan fingerprint density at radius 1 is 1.50 bits per heavy atom. The minimum atomic E-state index is -1.77. The largest absolute Gasteiger partial charge is 0.394 e. The number of pyridine rings is 1. The molecule has 3 atom stereocenters. The van der Waals surface area contributed by atoms with Crippen molar-refractivity contribution in [2.75, 3.05) is 6.61 Å². The van der Waals surface area contributed by atoms with Crippen molar-refractivity contribution in [3.8, 4) is 5.82 Å². The molecule has 4 rings (SSSR count). The molecule has 6 nitrogen and oxygen atoms in total. The van der Waals surface area contributed by atoms with E-state index in [1.54, 1.807) is 4.68 Å². The lowest BCUT2D eigenvalue weighted by molar-refractivity contribution is 0.0720. The zero-order valence-corrected chi connectivity index (χ0v) is 14.5. The van der Waals surface area contributed by atoms with Crippen LogP contribution in [0.3, 0.4) is 0 Å². The summed E-state index contributed by atoms with van der Waals surface area (Å²) in [5, 5.41) is 16.3. The van der Waals surface area contributed by atoms with Crippen molar-refractivity contribution in [3.05, 3.63) is 41.1 Å². The predicted octanol–water partition coefficient (Wildman–Crippen LogP) is 1.90. The topological polar surface area (TPSA) is 80.0 Å². The first-order valence-corrected chi connectivity index (χ1v) is 8.64. The van der Waals surface area contributed by atoms with Gasteiger partial charge in [-0.3, -0.25) is 4.79 Å². The number of hydrogen-bond acceptors (Lipinski definition) is 4. The number of carbonyl (C=O) groups is 1.